The number of aromatic amines is 1. The molecule has 2 aromatic rings. The van der Waals surface area contributed by atoms with Gasteiger partial charge in [0.15, 0.2) is 0 Å². The van der Waals surface area contributed by atoms with Gasteiger partial charge in [0.25, 0.3) is 5.56 Å². The molecule has 0 spiro atoms. The Hall–Kier alpha value is -2.38. The second-order valence-electron chi connectivity index (χ2n) is 6.70. The molecule has 3 rings (SSSR count). The molecule has 8 heteroatoms. The van der Waals surface area contributed by atoms with Crippen molar-refractivity contribution in [2.45, 2.75) is 50.7 Å². The Morgan fingerprint density at radius 1 is 1.27 bits per heavy atom. The van der Waals surface area contributed by atoms with Crippen molar-refractivity contribution >= 4 is 16.8 Å². The highest BCUT2D eigenvalue weighted by Crippen LogP contribution is 2.37. The Morgan fingerprint density at radius 3 is 2.81 bits per heavy atom. The maximum Gasteiger partial charge on any atom is 0.391 e. The Balaban J connectivity index is 1.57. The van der Waals surface area contributed by atoms with Crippen LogP contribution in [0.5, 0.6) is 0 Å². The lowest BCUT2D eigenvalue weighted by Crippen LogP contribution is -2.41. The molecule has 0 unspecified atom stereocenters. The van der Waals surface area contributed by atoms with Gasteiger partial charge >= 0.3 is 6.18 Å². The molecule has 5 nitrogen and oxygen atoms in total. The molecular formula is C18H20F3N3O2. The number of H-pyrrole nitrogens is 1. The Labute approximate surface area is 148 Å². The summed E-state index contributed by atoms with van der Waals surface area (Å²) in [5, 5.41) is 3.16. The third-order valence-corrected chi connectivity index (χ3v) is 4.75. The van der Waals surface area contributed by atoms with Gasteiger partial charge in [-0.05, 0) is 31.4 Å². The van der Waals surface area contributed by atoms with Crippen LogP contribution in [0.3, 0.4) is 0 Å². The molecule has 1 fully saturated rings. The Morgan fingerprint density at radius 2 is 2.04 bits per heavy atom. The predicted molar refractivity (Wildman–Crippen MR) is 90.6 cm³/mol. The van der Waals surface area contributed by atoms with Gasteiger partial charge in [-0.1, -0.05) is 18.6 Å². The number of aryl methyl sites for hydroxylation is 1. The molecule has 1 aliphatic carbocycles. The summed E-state index contributed by atoms with van der Waals surface area (Å²) in [6.07, 6.45) is -2.86. The largest absolute Gasteiger partial charge is 0.391 e. The third-order valence-electron chi connectivity index (χ3n) is 4.75. The lowest BCUT2D eigenvalue weighted by atomic mass is 9.85. The summed E-state index contributed by atoms with van der Waals surface area (Å²) in [6, 6.07) is 6.44. The number of amides is 1. The molecule has 26 heavy (non-hydrogen) atoms. The standard InChI is InChI=1S/C18H20F3N3O2/c19-18(20,21)11-4-3-5-12(10-11)22-16(25)9-8-15-23-14-7-2-1-6-13(14)17(26)24-15/h1-2,6-7,11-12H,3-5,8-10H2,(H,22,25)(H,23,24,26)/t11-,12+/m1/s1. The van der Waals surface area contributed by atoms with Gasteiger partial charge < -0.3 is 10.3 Å². The van der Waals surface area contributed by atoms with Crippen LogP contribution in [0.2, 0.25) is 0 Å². The molecule has 0 bridgehead atoms. The number of halogens is 3. The van der Waals surface area contributed by atoms with Crippen molar-refractivity contribution in [3.63, 3.8) is 0 Å². The molecule has 140 valence electrons. The van der Waals surface area contributed by atoms with E-state index in [2.05, 4.69) is 15.3 Å². The van der Waals surface area contributed by atoms with Crippen LogP contribution in [-0.2, 0) is 11.2 Å². The highest BCUT2D eigenvalue weighted by Gasteiger charge is 2.42. The molecule has 1 aromatic heterocycles. The van der Waals surface area contributed by atoms with Gasteiger partial charge in [0.05, 0.1) is 16.8 Å². The molecule has 1 amide bonds. The van der Waals surface area contributed by atoms with E-state index in [1.165, 1.54) is 0 Å². The van der Waals surface area contributed by atoms with E-state index in [1.807, 2.05) is 0 Å². The highest BCUT2D eigenvalue weighted by atomic mass is 19.4. The van der Waals surface area contributed by atoms with Crippen LogP contribution in [0.1, 0.15) is 37.9 Å². The first-order chi connectivity index (χ1) is 12.3. The zero-order valence-corrected chi connectivity index (χ0v) is 14.1. The second-order valence-corrected chi connectivity index (χ2v) is 6.70. The zero-order chi connectivity index (χ0) is 18.7. The van der Waals surface area contributed by atoms with Gasteiger partial charge in [0, 0.05) is 18.9 Å². The number of nitrogens with one attached hydrogen (secondary N) is 2. The number of para-hydroxylation sites is 1. The van der Waals surface area contributed by atoms with Gasteiger partial charge in [-0.15, -0.1) is 0 Å². The first-order valence-corrected chi connectivity index (χ1v) is 8.67. The Bertz CT molecular complexity index is 847. The minimum absolute atomic E-state index is 0.0640. The highest BCUT2D eigenvalue weighted by molar-refractivity contribution is 5.78. The average molecular weight is 367 g/mol. The molecule has 0 radical (unpaired) electrons. The number of hydrogen-bond acceptors (Lipinski definition) is 3. The van der Waals surface area contributed by atoms with Gasteiger partial charge in [-0.3, -0.25) is 9.59 Å². The van der Waals surface area contributed by atoms with E-state index < -0.39 is 18.1 Å². The van der Waals surface area contributed by atoms with E-state index in [0.29, 0.717) is 29.6 Å². The topological polar surface area (TPSA) is 74.8 Å². The number of alkyl halides is 3. The maximum atomic E-state index is 12.8. The van der Waals surface area contributed by atoms with E-state index in [9.17, 15) is 22.8 Å². The molecular weight excluding hydrogens is 347 g/mol. The van der Waals surface area contributed by atoms with Crippen LogP contribution in [0.25, 0.3) is 10.9 Å². The fraction of sp³-hybridized carbons (Fsp3) is 0.500. The van der Waals surface area contributed by atoms with E-state index in [-0.39, 0.29) is 37.1 Å². The smallest absolute Gasteiger partial charge is 0.353 e. The molecule has 1 saturated carbocycles. The first kappa shape index (κ1) is 18.4. The summed E-state index contributed by atoms with van der Waals surface area (Å²) in [7, 11) is 0. The summed E-state index contributed by atoms with van der Waals surface area (Å²) in [5.41, 5.74) is 0.276. The first-order valence-electron chi connectivity index (χ1n) is 8.67. The van der Waals surface area contributed by atoms with Crippen LogP contribution in [0, 0.1) is 5.92 Å². The number of hydrogen-bond donors (Lipinski definition) is 2. The number of nitrogens with zero attached hydrogens (tertiary/aromatic N) is 1. The molecule has 2 atom stereocenters. The molecule has 1 heterocycles. The lowest BCUT2D eigenvalue weighted by Gasteiger charge is -2.31. The van der Waals surface area contributed by atoms with E-state index in [1.54, 1.807) is 24.3 Å². The van der Waals surface area contributed by atoms with Crippen LogP contribution in [-0.4, -0.2) is 28.1 Å². The van der Waals surface area contributed by atoms with Gasteiger partial charge in [-0.25, -0.2) is 4.98 Å². The van der Waals surface area contributed by atoms with Crippen molar-refractivity contribution in [2.24, 2.45) is 5.92 Å². The third kappa shape index (κ3) is 4.42. The fourth-order valence-corrected chi connectivity index (χ4v) is 3.40. The van der Waals surface area contributed by atoms with E-state index >= 15 is 0 Å². The monoisotopic (exact) mass is 367 g/mol. The lowest BCUT2D eigenvalue weighted by molar-refractivity contribution is -0.184. The maximum absolute atomic E-state index is 12.8. The molecule has 0 saturated heterocycles. The summed E-state index contributed by atoms with van der Waals surface area (Å²) in [6.45, 7) is 0. The van der Waals surface area contributed by atoms with Crippen LogP contribution >= 0.6 is 0 Å². The van der Waals surface area contributed by atoms with Crippen molar-refractivity contribution in [1.82, 2.24) is 15.3 Å². The second kappa shape index (κ2) is 7.47. The number of carbonyl (C=O) groups is 1. The summed E-state index contributed by atoms with van der Waals surface area (Å²) in [4.78, 5) is 31.0. The quantitative estimate of drug-likeness (QED) is 0.872. The number of aromatic nitrogens is 2. The minimum atomic E-state index is -4.21. The number of benzene rings is 1. The number of fused-ring (bicyclic) bond motifs is 1. The summed E-state index contributed by atoms with van der Waals surface area (Å²) >= 11 is 0. The summed E-state index contributed by atoms with van der Waals surface area (Å²) < 4.78 is 38.5. The molecule has 1 aliphatic rings. The minimum Gasteiger partial charge on any atom is -0.353 e. The van der Waals surface area contributed by atoms with E-state index in [0.717, 1.165) is 0 Å². The molecule has 0 aliphatic heterocycles. The molecule has 2 N–H and O–H groups in total. The van der Waals surface area contributed by atoms with Crippen molar-refractivity contribution in [2.75, 3.05) is 0 Å². The van der Waals surface area contributed by atoms with Crippen LogP contribution in [0.4, 0.5) is 13.2 Å². The molecule has 1 aromatic carbocycles. The fourth-order valence-electron chi connectivity index (χ4n) is 3.40. The van der Waals surface area contributed by atoms with Crippen molar-refractivity contribution in [1.29, 1.82) is 0 Å². The SMILES string of the molecule is O=C(CCc1nc2ccccc2c(=O)[nH]1)N[C@H]1CCC[C@@H](C(F)(F)F)C1. The normalized spacial score (nSPS) is 20.9. The van der Waals surface area contributed by atoms with Gasteiger partial charge in [0.2, 0.25) is 5.91 Å². The van der Waals surface area contributed by atoms with Gasteiger partial charge in [0.1, 0.15) is 5.82 Å². The zero-order valence-electron chi connectivity index (χ0n) is 14.1. The Kier molecular flexibility index (Phi) is 5.29. The number of rotatable bonds is 4. The van der Waals surface area contributed by atoms with Crippen molar-refractivity contribution < 1.29 is 18.0 Å². The van der Waals surface area contributed by atoms with Crippen LogP contribution in [0.15, 0.2) is 29.1 Å². The van der Waals surface area contributed by atoms with Gasteiger partial charge in [-0.2, -0.15) is 13.2 Å². The van der Waals surface area contributed by atoms with Crippen molar-refractivity contribution in [3.05, 3.63) is 40.4 Å². The van der Waals surface area contributed by atoms with Crippen molar-refractivity contribution in [3.8, 4) is 0 Å². The predicted octanol–water partition coefficient (Wildman–Crippen LogP) is 3.09. The van der Waals surface area contributed by atoms with Crippen LogP contribution < -0.4 is 10.9 Å². The number of carbonyl (C=O) groups excluding carboxylic acids is 1. The average Bonchev–Trinajstić information content (AvgIpc) is 2.59. The van der Waals surface area contributed by atoms with E-state index in [4.69, 9.17) is 0 Å². The summed E-state index contributed by atoms with van der Waals surface area (Å²) in [5.74, 6) is -1.28.